The summed E-state index contributed by atoms with van der Waals surface area (Å²) in [5, 5.41) is 0. The van der Waals surface area contributed by atoms with E-state index in [1.54, 1.807) is 6.20 Å². The second-order valence-electron chi connectivity index (χ2n) is 3.87. The number of H-pyrrole nitrogens is 1. The quantitative estimate of drug-likeness (QED) is 0.691. The van der Waals surface area contributed by atoms with Crippen LogP contribution < -0.4 is 5.73 Å². The molecule has 2 unspecified atom stereocenters. The lowest BCUT2D eigenvalue weighted by Crippen LogP contribution is -2.38. The van der Waals surface area contributed by atoms with Gasteiger partial charge in [0.05, 0.1) is 6.33 Å². The Morgan fingerprint density at radius 3 is 2.93 bits per heavy atom. The molecule has 2 rings (SSSR count). The highest BCUT2D eigenvalue weighted by molar-refractivity contribution is 5.96. The molecule has 4 nitrogen and oxygen atoms in total. The Morgan fingerprint density at radius 1 is 1.50 bits per heavy atom. The van der Waals surface area contributed by atoms with Crippen molar-refractivity contribution in [1.82, 2.24) is 9.97 Å². The van der Waals surface area contributed by atoms with Gasteiger partial charge in [0.25, 0.3) is 0 Å². The summed E-state index contributed by atoms with van der Waals surface area (Å²) in [6, 6.07) is 0.0212. The monoisotopic (exact) mass is 193 g/mol. The third-order valence-electron chi connectivity index (χ3n) is 2.91. The van der Waals surface area contributed by atoms with Gasteiger partial charge in [0.15, 0.2) is 5.78 Å². The van der Waals surface area contributed by atoms with Crippen LogP contribution in [0.2, 0.25) is 0 Å². The molecule has 1 aliphatic carbocycles. The molecule has 1 aliphatic rings. The Balaban J connectivity index is 2.10. The van der Waals surface area contributed by atoms with Crippen molar-refractivity contribution < 1.29 is 4.79 Å². The number of hydrogen-bond donors (Lipinski definition) is 2. The van der Waals surface area contributed by atoms with Crippen LogP contribution in [-0.2, 0) is 0 Å². The van der Waals surface area contributed by atoms with E-state index in [1.165, 1.54) is 6.33 Å². The molecule has 76 valence electrons. The molecule has 14 heavy (non-hydrogen) atoms. The second-order valence-corrected chi connectivity index (χ2v) is 3.87. The van der Waals surface area contributed by atoms with Crippen molar-refractivity contribution in [2.45, 2.75) is 31.7 Å². The topological polar surface area (TPSA) is 71.8 Å². The first-order chi connectivity index (χ1) is 6.79. The molecule has 0 spiro atoms. The number of Topliss-reactive ketones (excluding diaryl/α,β-unsaturated/α-hetero) is 1. The van der Waals surface area contributed by atoms with Gasteiger partial charge in [-0.05, 0) is 12.8 Å². The van der Waals surface area contributed by atoms with E-state index >= 15 is 0 Å². The van der Waals surface area contributed by atoms with Crippen LogP contribution in [0.5, 0.6) is 0 Å². The fourth-order valence-electron chi connectivity index (χ4n) is 2.07. The van der Waals surface area contributed by atoms with Gasteiger partial charge in [-0.1, -0.05) is 12.8 Å². The van der Waals surface area contributed by atoms with Gasteiger partial charge in [0, 0.05) is 18.2 Å². The first-order valence-electron chi connectivity index (χ1n) is 5.07. The Kier molecular flexibility index (Phi) is 2.63. The number of nitrogens with two attached hydrogens (primary N) is 1. The summed E-state index contributed by atoms with van der Waals surface area (Å²) in [5.41, 5.74) is 6.45. The maximum Gasteiger partial charge on any atom is 0.187 e. The van der Waals surface area contributed by atoms with Gasteiger partial charge in [0.2, 0.25) is 0 Å². The highest BCUT2D eigenvalue weighted by Crippen LogP contribution is 2.25. The van der Waals surface area contributed by atoms with Gasteiger partial charge in [-0.2, -0.15) is 0 Å². The highest BCUT2D eigenvalue weighted by Gasteiger charge is 2.29. The van der Waals surface area contributed by atoms with Gasteiger partial charge < -0.3 is 10.7 Å². The molecule has 3 N–H and O–H groups in total. The minimum atomic E-state index is -0.0213. The number of nitrogens with one attached hydrogen (secondary N) is 1. The zero-order chi connectivity index (χ0) is 9.97. The number of aromatic amines is 1. The fraction of sp³-hybridized carbons (Fsp3) is 0.600. The van der Waals surface area contributed by atoms with Crippen molar-refractivity contribution in [2.75, 3.05) is 0 Å². The largest absolute Gasteiger partial charge is 0.350 e. The number of ketones is 1. The standard InChI is InChI=1S/C10H15N3O/c11-8-4-2-1-3-7(8)10(14)9-5-12-6-13-9/h5-8H,1-4,11H2,(H,12,13). The molecule has 1 fully saturated rings. The van der Waals surface area contributed by atoms with E-state index < -0.39 is 0 Å². The van der Waals surface area contributed by atoms with Crippen molar-refractivity contribution in [2.24, 2.45) is 11.7 Å². The van der Waals surface area contributed by atoms with E-state index in [9.17, 15) is 4.79 Å². The number of carbonyl (C=O) groups excluding carboxylic acids is 1. The molecule has 0 aromatic carbocycles. The predicted molar refractivity (Wildman–Crippen MR) is 52.9 cm³/mol. The van der Waals surface area contributed by atoms with Crippen LogP contribution in [0.25, 0.3) is 0 Å². The zero-order valence-electron chi connectivity index (χ0n) is 8.07. The lowest BCUT2D eigenvalue weighted by atomic mass is 9.81. The normalized spacial score (nSPS) is 27.5. The molecule has 4 heteroatoms. The molecule has 1 heterocycles. The summed E-state index contributed by atoms with van der Waals surface area (Å²) in [6.07, 6.45) is 7.29. The van der Waals surface area contributed by atoms with Crippen LogP contribution in [0.1, 0.15) is 36.2 Å². The smallest absolute Gasteiger partial charge is 0.187 e. The van der Waals surface area contributed by atoms with E-state index in [1.807, 2.05) is 0 Å². The molecule has 2 atom stereocenters. The SMILES string of the molecule is NC1CCCCC1C(=O)c1c[nH]cn1. The average Bonchev–Trinajstić information content (AvgIpc) is 2.70. The molecule has 0 amide bonds. The van der Waals surface area contributed by atoms with Gasteiger partial charge >= 0.3 is 0 Å². The van der Waals surface area contributed by atoms with Crippen molar-refractivity contribution in [1.29, 1.82) is 0 Å². The van der Waals surface area contributed by atoms with Gasteiger partial charge in [-0.25, -0.2) is 4.98 Å². The Labute approximate surface area is 82.9 Å². The maximum absolute atomic E-state index is 11.9. The molecule has 1 aromatic heterocycles. The Morgan fingerprint density at radius 2 is 2.29 bits per heavy atom. The minimum absolute atomic E-state index is 0.0212. The third-order valence-corrected chi connectivity index (χ3v) is 2.91. The van der Waals surface area contributed by atoms with Crippen molar-refractivity contribution in [3.63, 3.8) is 0 Å². The second kappa shape index (κ2) is 3.92. The van der Waals surface area contributed by atoms with Crippen LogP contribution in [0.4, 0.5) is 0 Å². The number of aromatic nitrogens is 2. The van der Waals surface area contributed by atoms with Crippen molar-refractivity contribution in [3.8, 4) is 0 Å². The lowest BCUT2D eigenvalue weighted by Gasteiger charge is -2.26. The summed E-state index contributed by atoms with van der Waals surface area (Å²) in [6.45, 7) is 0. The van der Waals surface area contributed by atoms with Crippen LogP contribution in [0.15, 0.2) is 12.5 Å². The predicted octanol–water partition coefficient (Wildman–Crippen LogP) is 1.11. The third kappa shape index (κ3) is 1.70. The fourth-order valence-corrected chi connectivity index (χ4v) is 2.07. The molecule has 0 bridgehead atoms. The summed E-state index contributed by atoms with van der Waals surface area (Å²) in [4.78, 5) is 18.7. The van der Waals surface area contributed by atoms with Crippen molar-refractivity contribution in [3.05, 3.63) is 18.2 Å². The average molecular weight is 193 g/mol. The molecular weight excluding hydrogens is 178 g/mol. The first kappa shape index (κ1) is 9.40. The number of hydrogen-bond acceptors (Lipinski definition) is 3. The van der Waals surface area contributed by atoms with Gasteiger partial charge in [-0.15, -0.1) is 0 Å². The van der Waals surface area contributed by atoms with Crippen LogP contribution in [-0.4, -0.2) is 21.8 Å². The van der Waals surface area contributed by atoms with E-state index in [2.05, 4.69) is 9.97 Å². The van der Waals surface area contributed by atoms with E-state index in [0.717, 1.165) is 25.7 Å². The molecular formula is C10H15N3O. The molecule has 0 aliphatic heterocycles. The van der Waals surface area contributed by atoms with Gasteiger partial charge in [-0.3, -0.25) is 4.79 Å². The molecule has 1 saturated carbocycles. The summed E-state index contributed by atoms with van der Waals surface area (Å²) in [7, 11) is 0. The maximum atomic E-state index is 11.9. The number of nitrogens with zero attached hydrogens (tertiary/aromatic N) is 1. The highest BCUT2D eigenvalue weighted by atomic mass is 16.1. The number of imidazole rings is 1. The van der Waals surface area contributed by atoms with E-state index in [4.69, 9.17) is 5.73 Å². The van der Waals surface area contributed by atoms with Crippen LogP contribution >= 0.6 is 0 Å². The summed E-state index contributed by atoms with van der Waals surface area (Å²) < 4.78 is 0. The van der Waals surface area contributed by atoms with Crippen LogP contribution in [0, 0.1) is 5.92 Å². The van der Waals surface area contributed by atoms with Crippen molar-refractivity contribution >= 4 is 5.78 Å². The summed E-state index contributed by atoms with van der Waals surface area (Å²) >= 11 is 0. The molecule has 1 aromatic rings. The molecule has 0 radical (unpaired) electrons. The molecule has 0 saturated heterocycles. The van der Waals surface area contributed by atoms with E-state index in [-0.39, 0.29) is 17.7 Å². The van der Waals surface area contributed by atoms with E-state index in [0.29, 0.717) is 5.69 Å². The lowest BCUT2D eigenvalue weighted by molar-refractivity contribution is 0.0866. The summed E-state index contributed by atoms with van der Waals surface area (Å²) in [5.74, 6) is 0.0745. The number of carbonyl (C=O) groups is 1. The zero-order valence-corrected chi connectivity index (χ0v) is 8.07. The van der Waals surface area contributed by atoms with Gasteiger partial charge in [0.1, 0.15) is 5.69 Å². The minimum Gasteiger partial charge on any atom is -0.350 e. The Bertz CT molecular complexity index is 307. The Hall–Kier alpha value is -1.16. The first-order valence-corrected chi connectivity index (χ1v) is 5.07. The van der Waals surface area contributed by atoms with Crippen LogP contribution in [0.3, 0.4) is 0 Å². The number of rotatable bonds is 2.